The Kier molecular flexibility index (Phi) is 14.5. The topological polar surface area (TPSA) is 37.3 Å². The Bertz CT molecular complexity index is 261. The molecule has 0 atom stereocenters. The van der Waals surface area contributed by atoms with Crippen LogP contribution in [0.15, 0.2) is 0 Å². The number of aliphatic carboxylic acids is 1. The van der Waals surface area contributed by atoms with Gasteiger partial charge in [-0.05, 0) is 19.3 Å². The fourth-order valence-electron chi connectivity index (χ4n) is 2.32. The second-order valence-electron chi connectivity index (χ2n) is 5.69. The Hall–Kier alpha value is 0.530. The molecule has 0 saturated carbocycles. The number of hydrogen-bond acceptors (Lipinski definition) is 1. The molecular weight excluding hydrogens is 375 g/mol. The molecule has 0 fully saturated rings. The van der Waals surface area contributed by atoms with Gasteiger partial charge in [0.2, 0.25) is 4.33 Å². The molecule has 0 spiro atoms. The first kappa shape index (κ1) is 21.5. The van der Waals surface area contributed by atoms with Crippen LogP contribution in [0.4, 0.5) is 0 Å². The van der Waals surface area contributed by atoms with Crippen molar-refractivity contribution in [2.75, 3.05) is 5.33 Å². The normalized spacial score (nSPS) is 11.8. The summed E-state index contributed by atoms with van der Waals surface area (Å²) in [6.07, 6.45) is 15.2. The average molecular weight is 404 g/mol. The van der Waals surface area contributed by atoms with Crippen LogP contribution in [0.3, 0.4) is 0 Å². The lowest BCUT2D eigenvalue weighted by Gasteiger charge is -2.13. The highest BCUT2D eigenvalue weighted by molar-refractivity contribution is 9.09. The first-order valence-electron chi connectivity index (χ1n) is 8.18. The lowest BCUT2D eigenvalue weighted by atomic mass is 10.0. The first-order valence-corrected chi connectivity index (χ1v) is 10.1. The third-order valence-corrected chi connectivity index (χ3v) is 4.95. The van der Waals surface area contributed by atoms with Crippen molar-refractivity contribution in [3.63, 3.8) is 0 Å². The number of carboxylic acids is 1. The molecule has 0 aromatic carbocycles. The standard InChI is InChI=1S/C16H29BrCl2O2/c17-14-12-10-8-6-4-2-1-3-5-7-9-11-13-16(18,19)15(20)21/h1-14H2,(H,20,21). The summed E-state index contributed by atoms with van der Waals surface area (Å²) in [5.74, 6) is -1.14. The molecule has 0 rings (SSSR count). The maximum Gasteiger partial charge on any atom is 0.340 e. The van der Waals surface area contributed by atoms with Crippen molar-refractivity contribution in [1.82, 2.24) is 0 Å². The summed E-state index contributed by atoms with van der Waals surface area (Å²) >= 11 is 14.8. The molecule has 0 saturated heterocycles. The number of alkyl halides is 3. The SMILES string of the molecule is O=C(O)C(Cl)(Cl)CCCCCCCCCCCCCCBr. The molecule has 0 aromatic heterocycles. The van der Waals surface area contributed by atoms with Crippen molar-refractivity contribution < 1.29 is 9.90 Å². The minimum Gasteiger partial charge on any atom is -0.479 e. The second-order valence-corrected chi connectivity index (χ2v) is 7.97. The van der Waals surface area contributed by atoms with Gasteiger partial charge in [-0.25, -0.2) is 4.79 Å². The summed E-state index contributed by atoms with van der Waals surface area (Å²) in [7, 11) is 0. The van der Waals surface area contributed by atoms with E-state index in [-0.39, 0.29) is 0 Å². The summed E-state index contributed by atoms with van der Waals surface area (Å²) in [4.78, 5) is 10.7. The van der Waals surface area contributed by atoms with Crippen LogP contribution in [0.1, 0.15) is 83.5 Å². The van der Waals surface area contributed by atoms with Gasteiger partial charge in [-0.15, -0.1) is 0 Å². The number of rotatable bonds is 15. The lowest BCUT2D eigenvalue weighted by Crippen LogP contribution is -2.25. The number of carboxylic acid groups (broad SMARTS) is 1. The maximum atomic E-state index is 10.7. The van der Waals surface area contributed by atoms with Crippen molar-refractivity contribution >= 4 is 45.1 Å². The molecule has 0 aliphatic rings. The molecule has 5 heteroatoms. The highest BCUT2D eigenvalue weighted by Crippen LogP contribution is 2.28. The van der Waals surface area contributed by atoms with E-state index in [4.69, 9.17) is 28.3 Å². The van der Waals surface area contributed by atoms with Gasteiger partial charge in [0.25, 0.3) is 0 Å². The van der Waals surface area contributed by atoms with E-state index in [0.29, 0.717) is 6.42 Å². The zero-order chi connectivity index (χ0) is 16.0. The Morgan fingerprint density at radius 3 is 1.43 bits per heavy atom. The van der Waals surface area contributed by atoms with E-state index in [1.807, 2.05) is 0 Å². The largest absolute Gasteiger partial charge is 0.479 e. The van der Waals surface area contributed by atoms with Gasteiger partial charge in [0.1, 0.15) is 0 Å². The molecule has 0 bridgehead atoms. The van der Waals surface area contributed by atoms with Gasteiger partial charge in [-0.3, -0.25) is 0 Å². The number of unbranched alkanes of at least 4 members (excludes halogenated alkanes) is 11. The van der Waals surface area contributed by atoms with Crippen molar-refractivity contribution in [3.05, 3.63) is 0 Å². The fraction of sp³-hybridized carbons (Fsp3) is 0.938. The molecule has 0 aliphatic heterocycles. The lowest BCUT2D eigenvalue weighted by molar-refractivity contribution is -0.138. The van der Waals surface area contributed by atoms with Gasteiger partial charge < -0.3 is 5.11 Å². The summed E-state index contributed by atoms with van der Waals surface area (Å²) in [5, 5.41) is 9.90. The van der Waals surface area contributed by atoms with Crippen LogP contribution >= 0.6 is 39.1 Å². The molecule has 126 valence electrons. The van der Waals surface area contributed by atoms with Gasteiger partial charge >= 0.3 is 5.97 Å². The molecule has 0 amide bonds. The van der Waals surface area contributed by atoms with E-state index >= 15 is 0 Å². The van der Waals surface area contributed by atoms with Gasteiger partial charge in [0.05, 0.1) is 0 Å². The molecule has 0 aliphatic carbocycles. The maximum absolute atomic E-state index is 10.7. The molecule has 21 heavy (non-hydrogen) atoms. The monoisotopic (exact) mass is 402 g/mol. The fourth-order valence-corrected chi connectivity index (χ4v) is 2.98. The minimum absolute atomic E-state index is 0.333. The van der Waals surface area contributed by atoms with Crippen molar-refractivity contribution in [2.24, 2.45) is 0 Å². The van der Waals surface area contributed by atoms with Crippen LogP contribution in [0.2, 0.25) is 0 Å². The van der Waals surface area contributed by atoms with Crippen LogP contribution < -0.4 is 0 Å². The van der Waals surface area contributed by atoms with E-state index in [0.717, 1.165) is 24.6 Å². The summed E-state index contributed by atoms with van der Waals surface area (Å²) in [6.45, 7) is 0. The summed E-state index contributed by atoms with van der Waals surface area (Å²) in [6, 6.07) is 0. The summed E-state index contributed by atoms with van der Waals surface area (Å²) in [5.41, 5.74) is 0. The van der Waals surface area contributed by atoms with Crippen LogP contribution in [-0.4, -0.2) is 20.7 Å². The smallest absolute Gasteiger partial charge is 0.340 e. The van der Waals surface area contributed by atoms with Crippen molar-refractivity contribution in [1.29, 1.82) is 0 Å². The Morgan fingerprint density at radius 1 is 0.762 bits per heavy atom. The van der Waals surface area contributed by atoms with Crippen molar-refractivity contribution in [3.8, 4) is 0 Å². The first-order chi connectivity index (χ1) is 10.0. The molecule has 1 N–H and O–H groups in total. The highest BCUT2D eigenvalue weighted by Gasteiger charge is 2.32. The van der Waals surface area contributed by atoms with Crippen LogP contribution in [0, 0.1) is 0 Å². The Labute approximate surface area is 148 Å². The number of hydrogen-bond donors (Lipinski definition) is 1. The predicted octanol–water partition coefficient (Wildman–Crippen LogP) is 6.71. The van der Waals surface area contributed by atoms with E-state index in [2.05, 4.69) is 15.9 Å². The van der Waals surface area contributed by atoms with E-state index in [9.17, 15) is 4.79 Å². The third kappa shape index (κ3) is 13.9. The molecule has 2 nitrogen and oxygen atoms in total. The molecule has 0 unspecified atom stereocenters. The van der Waals surface area contributed by atoms with Crippen LogP contribution in [-0.2, 0) is 4.79 Å². The minimum atomic E-state index is -1.60. The zero-order valence-corrected chi connectivity index (χ0v) is 16.0. The van der Waals surface area contributed by atoms with Gasteiger partial charge in [0, 0.05) is 5.33 Å². The van der Waals surface area contributed by atoms with Gasteiger partial charge in [-0.2, -0.15) is 0 Å². The molecular formula is C16H29BrCl2O2. The van der Waals surface area contributed by atoms with E-state index in [1.54, 1.807) is 0 Å². The Balaban J connectivity index is 3.18. The summed E-state index contributed by atoms with van der Waals surface area (Å²) < 4.78 is -1.60. The average Bonchev–Trinajstić information content (AvgIpc) is 2.43. The van der Waals surface area contributed by atoms with Gasteiger partial charge in [0.15, 0.2) is 0 Å². The zero-order valence-electron chi connectivity index (χ0n) is 12.9. The van der Waals surface area contributed by atoms with Gasteiger partial charge in [-0.1, -0.05) is 103 Å². The quantitative estimate of drug-likeness (QED) is 0.243. The second kappa shape index (κ2) is 14.1. The number of carbonyl (C=O) groups is 1. The predicted molar refractivity (Wildman–Crippen MR) is 95.9 cm³/mol. The molecule has 0 aromatic rings. The molecule has 0 radical (unpaired) electrons. The number of halogens is 3. The van der Waals surface area contributed by atoms with Crippen molar-refractivity contribution in [2.45, 2.75) is 87.8 Å². The van der Waals surface area contributed by atoms with Crippen LogP contribution in [0.25, 0.3) is 0 Å². The highest BCUT2D eigenvalue weighted by atomic mass is 79.9. The van der Waals surface area contributed by atoms with E-state index < -0.39 is 10.3 Å². The molecule has 0 heterocycles. The third-order valence-electron chi connectivity index (χ3n) is 3.69. The van der Waals surface area contributed by atoms with Crippen LogP contribution in [0.5, 0.6) is 0 Å². The van der Waals surface area contributed by atoms with E-state index in [1.165, 1.54) is 57.8 Å². The Morgan fingerprint density at radius 2 is 1.10 bits per heavy atom.